The van der Waals surface area contributed by atoms with E-state index in [1.54, 1.807) is 12.1 Å². The van der Waals surface area contributed by atoms with Gasteiger partial charge in [-0.25, -0.2) is 4.79 Å². The predicted molar refractivity (Wildman–Crippen MR) is 125 cm³/mol. The number of carbonyl (C=O) groups excluding carboxylic acids is 1. The van der Waals surface area contributed by atoms with Crippen molar-refractivity contribution in [3.05, 3.63) is 119 Å². The average molecular weight is 428 g/mol. The molecule has 1 aromatic heterocycles. The van der Waals surface area contributed by atoms with Crippen molar-refractivity contribution in [1.29, 1.82) is 0 Å². The number of halogens is 1. The first kappa shape index (κ1) is 19.5. The van der Waals surface area contributed by atoms with Gasteiger partial charge in [0.05, 0.1) is 18.3 Å². The third kappa shape index (κ3) is 3.71. The van der Waals surface area contributed by atoms with Crippen molar-refractivity contribution in [1.82, 2.24) is 9.47 Å². The second-order valence-electron chi connectivity index (χ2n) is 7.81. The van der Waals surface area contributed by atoms with Crippen molar-refractivity contribution in [3.63, 3.8) is 0 Å². The standard InChI is InChI=1S/C26H22ClN3O/c1-18-8-10-19(11-9-18)25-24-7-4-16-29(24)23-6-3-2-5-20(23)17-30(25)26(31)28-22-14-12-21(27)13-15-22/h2-16,25H,17H2,1H3,(H,28,31)/t25-/m0/s1. The van der Waals surface area contributed by atoms with Crippen molar-refractivity contribution >= 4 is 23.3 Å². The second kappa shape index (κ2) is 7.97. The zero-order chi connectivity index (χ0) is 21.4. The molecule has 3 aromatic carbocycles. The molecule has 0 saturated heterocycles. The molecule has 0 bridgehead atoms. The van der Waals surface area contributed by atoms with Crippen LogP contribution in [-0.4, -0.2) is 15.5 Å². The number of anilines is 1. The normalized spacial score (nSPS) is 15.0. The zero-order valence-corrected chi connectivity index (χ0v) is 17.9. The molecule has 5 heteroatoms. The molecule has 0 saturated carbocycles. The molecule has 0 radical (unpaired) electrons. The Morgan fingerprint density at radius 2 is 1.68 bits per heavy atom. The molecule has 2 heterocycles. The molecule has 2 amide bonds. The van der Waals surface area contributed by atoms with Crippen LogP contribution < -0.4 is 5.32 Å². The number of carbonyl (C=O) groups is 1. The van der Waals surface area contributed by atoms with Crippen LogP contribution in [0.4, 0.5) is 10.5 Å². The number of nitrogens with one attached hydrogen (secondary N) is 1. The Labute approximate surface area is 186 Å². The number of aryl methyl sites for hydroxylation is 1. The van der Waals surface area contributed by atoms with Gasteiger partial charge >= 0.3 is 6.03 Å². The summed E-state index contributed by atoms with van der Waals surface area (Å²) in [4.78, 5) is 15.5. The number of aromatic nitrogens is 1. The molecule has 1 atom stereocenters. The predicted octanol–water partition coefficient (Wildman–Crippen LogP) is 6.58. The number of hydrogen-bond donors (Lipinski definition) is 1. The Morgan fingerprint density at radius 1 is 0.935 bits per heavy atom. The zero-order valence-electron chi connectivity index (χ0n) is 17.1. The Hall–Kier alpha value is -3.50. The lowest BCUT2D eigenvalue weighted by atomic mass is 10.0. The third-order valence-corrected chi connectivity index (χ3v) is 5.97. The minimum atomic E-state index is -0.227. The molecule has 0 aliphatic carbocycles. The van der Waals surface area contributed by atoms with Crippen molar-refractivity contribution in [3.8, 4) is 5.69 Å². The lowest BCUT2D eigenvalue weighted by Crippen LogP contribution is -2.37. The van der Waals surface area contributed by atoms with Crippen LogP contribution in [0.2, 0.25) is 5.02 Å². The maximum Gasteiger partial charge on any atom is 0.322 e. The van der Waals surface area contributed by atoms with Gasteiger partial charge in [0.25, 0.3) is 0 Å². The number of nitrogens with zero attached hydrogens (tertiary/aromatic N) is 2. The van der Waals surface area contributed by atoms with E-state index in [0.29, 0.717) is 17.3 Å². The Morgan fingerprint density at radius 3 is 2.45 bits per heavy atom. The summed E-state index contributed by atoms with van der Waals surface area (Å²) in [6.07, 6.45) is 2.07. The molecule has 31 heavy (non-hydrogen) atoms. The van der Waals surface area contributed by atoms with Crippen molar-refractivity contribution in [2.45, 2.75) is 19.5 Å². The molecule has 1 N–H and O–H groups in total. The quantitative estimate of drug-likeness (QED) is 0.385. The molecule has 0 fully saturated rings. The summed E-state index contributed by atoms with van der Waals surface area (Å²) in [6, 6.07) is 27.6. The van der Waals surface area contributed by atoms with Gasteiger partial charge in [0.15, 0.2) is 0 Å². The summed E-state index contributed by atoms with van der Waals surface area (Å²) in [7, 11) is 0. The molecule has 0 unspecified atom stereocenters. The molecule has 4 nitrogen and oxygen atoms in total. The van der Waals surface area contributed by atoms with Gasteiger partial charge in [-0.1, -0.05) is 59.6 Å². The van der Waals surface area contributed by atoms with E-state index in [2.05, 4.69) is 65.5 Å². The van der Waals surface area contributed by atoms with Gasteiger partial charge in [-0.2, -0.15) is 0 Å². The number of urea groups is 1. The Kier molecular flexibility index (Phi) is 5.00. The molecule has 4 aromatic rings. The van der Waals surface area contributed by atoms with Crippen LogP contribution in [0.15, 0.2) is 91.1 Å². The number of benzene rings is 3. The maximum atomic E-state index is 13.6. The summed E-state index contributed by atoms with van der Waals surface area (Å²) < 4.78 is 2.19. The van der Waals surface area contributed by atoms with Crippen LogP contribution >= 0.6 is 11.6 Å². The van der Waals surface area contributed by atoms with E-state index in [-0.39, 0.29) is 12.1 Å². The van der Waals surface area contributed by atoms with Gasteiger partial charge in [-0.05, 0) is 60.5 Å². The van der Waals surface area contributed by atoms with Crippen LogP contribution in [-0.2, 0) is 6.54 Å². The highest BCUT2D eigenvalue weighted by Crippen LogP contribution is 2.37. The summed E-state index contributed by atoms with van der Waals surface area (Å²) in [5.41, 5.74) is 6.23. The summed E-state index contributed by atoms with van der Waals surface area (Å²) in [5, 5.41) is 3.69. The van der Waals surface area contributed by atoms with Crippen LogP contribution in [0.25, 0.3) is 5.69 Å². The molecular weight excluding hydrogens is 406 g/mol. The molecule has 1 aliphatic rings. The van der Waals surface area contributed by atoms with Crippen molar-refractivity contribution in [2.24, 2.45) is 0 Å². The summed E-state index contributed by atoms with van der Waals surface area (Å²) in [6.45, 7) is 2.57. The molecule has 1 aliphatic heterocycles. The largest absolute Gasteiger partial charge is 0.322 e. The summed E-state index contributed by atoms with van der Waals surface area (Å²) >= 11 is 6.01. The highest BCUT2D eigenvalue weighted by Gasteiger charge is 2.32. The molecule has 0 spiro atoms. The fourth-order valence-corrected chi connectivity index (χ4v) is 4.29. The molecule has 5 rings (SSSR count). The lowest BCUT2D eigenvalue weighted by molar-refractivity contribution is 0.194. The second-order valence-corrected chi connectivity index (χ2v) is 8.25. The first-order chi connectivity index (χ1) is 15.1. The highest BCUT2D eigenvalue weighted by molar-refractivity contribution is 6.30. The lowest BCUT2D eigenvalue weighted by Gasteiger charge is -2.31. The number of hydrogen-bond acceptors (Lipinski definition) is 1. The summed E-state index contributed by atoms with van der Waals surface area (Å²) in [5.74, 6) is 0. The van der Waals surface area contributed by atoms with Gasteiger partial charge in [-0.15, -0.1) is 0 Å². The minimum absolute atomic E-state index is 0.155. The van der Waals surface area contributed by atoms with Crippen LogP contribution in [0.5, 0.6) is 0 Å². The average Bonchev–Trinajstić information content (AvgIpc) is 3.20. The van der Waals surface area contributed by atoms with Crippen LogP contribution in [0.1, 0.15) is 28.4 Å². The Bertz CT molecular complexity index is 1230. The first-order valence-electron chi connectivity index (χ1n) is 10.3. The monoisotopic (exact) mass is 427 g/mol. The topological polar surface area (TPSA) is 37.3 Å². The van der Waals surface area contributed by atoms with Crippen LogP contribution in [0, 0.1) is 6.92 Å². The van der Waals surface area contributed by atoms with Gasteiger partial charge in [-0.3, -0.25) is 0 Å². The van der Waals surface area contributed by atoms with Gasteiger partial charge in [0.1, 0.15) is 0 Å². The fraction of sp³-hybridized carbons (Fsp3) is 0.115. The number of amides is 2. The van der Waals surface area contributed by atoms with Gasteiger partial charge in [0.2, 0.25) is 0 Å². The third-order valence-electron chi connectivity index (χ3n) is 5.71. The molecule has 154 valence electrons. The van der Waals surface area contributed by atoms with E-state index in [4.69, 9.17) is 11.6 Å². The van der Waals surface area contributed by atoms with E-state index in [9.17, 15) is 4.79 Å². The fourth-order valence-electron chi connectivity index (χ4n) is 4.17. The SMILES string of the molecule is Cc1ccc([C@H]2c3cccn3-c3ccccc3CN2C(=O)Nc2ccc(Cl)cc2)cc1. The van der Waals surface area contributed by atoms with E-state index in [0.717, 1.165) is 22.5 Å². The highest BCUT2D eigenvalue weighted by atomic mass is 35.5. The Balaban J connectivity index is 1.62. The van der Waals surface area contributed by atoms with E-state index in [1.165, 1.54) is 5.56 Å². The minimum Gasteiger partial charge on any atom is -0.318 e. The number of fused-ring (bicyclic) bond motifs is 3. The number of rotatable bonds is 2. The van der Waals surface area contributed by atoms with Crippen molar-refractivity contribution < 1.29 is 4.79 Å². The molecular formula is C26H22ClN3O. The maximum absolute atomic E-state index is 13.6. The van der Waals surface area contributed by atoms with Crippen LogP contribution in [0.3, 0.4) is 0 Å². The first-order valence-corrected chi connectivity index (χ1v) is 10.6. The number of para-hydroxylation sites is 1. The van der Waals surface area contributed by atoms with Gasteiger partial charge < -0.3 is 14.8 Å². The smallest absolute Gasteiger partial charge is 0.318 e. The van der Waals surface area contributed by atoms with E-state index in [1.807, 2.05) is 35.2 Å². The van der Waals surface area contributed by atoms with E-state index < -0.39 is 0 Å². The van der Waals surface area contributed by atoms with Crippen molar-refractivity contribution in [2.75, 3.05) is 5.32 Å². The van der Waals surface area contributed by atoms with E-state index >= 15 is 0 Å². The van der Waals surface area contributed by atoms with Gasteiger partial charge in [0, 0.05) is 22.6 Å².